The lowest BCUT2D eigenvalue weighted by Crippen LogP contribution is -2.21. The second-order valence-electron chi connectivity index (χ2n) is 4.03. The van der Waals surface area contributed by atoms with Crippen molar-refractivity contribution in [3.8, 4) is 0 Å². The van der Waals surface area contributed by atoms with Gasteiger partial charge in [0.05, 0.1) is 18.6 Å². The molecule has 0 unspecified atom stereocenters. The van der Waals surface area contributed by atoms with Gasteiger partial charge in [-0.25, -0.2) is 9.97 Å². The summed E-state index contributed by atoms with van der Waals surface area (Å²) in [5, 5.41) is 13.8. The molecular formula is C11H12N4O3. The fourth-order valence-corrected chi connectivity index (χ4v) is 1.74. The van der Waals surface area contributed by atoms with Crippen LogP contribution < -0.4 is 5.01 Å². The molecule has 1 aromatic rings. The summed E-state index contributed by atoms with van der Waals surface area (Å²) < 4.78 is 0. The monoisotopic (exact) mass is 248 g/mol. The molecule has 0 atom stereocenters. The molecule has 0 saturated heterocycles. The van der Waals surface area contributed by atoms with E-state index in [2.05, 4.69) is 15.1 Å². The molecule has 2 rings (SSSR count). The Morgan fingerprint density at radius 3 is 2.78 bits per heavy atom. The van der Waals surface area contributed by atoms with Crippen LogP contribution in [0.1, 0.15) is 24.4 Å². The highest BCUT2D eigenvalue weighted by atomic mass is 16.4. The molecule has 0 aromatic carbocycles. The molecule has 1 N–H and O–H groups in total. The Kier molecular flexibility index (Phi) is 3.05. The molecule has 0 fully saturated rings. The van der Waals surface area contributed by atoms with Gasteiger partial charge in [0.2, 0.25) is 0 Å². The minimum atomic E-state index is -1.00. The molecule has 94 valence electrons. The molecule has 2 heterocycles. The number of hydrogen-bond donors (Lipinski definition) is 1. The van der Waals surface area contributed by atoms with Gasteiger partial charge in [0, 0.05) is 11.8 Å². The van der Waals surface area contributed by atoms with Gasteiger partial charge in [0.15, 0.2) is 5.82 Å². The lowest BCUT2D eigenvalue weighted by molar-refractivity contribution is -0.135. The van der Waals surface area contributed by atoms with Crippen molar-refractivity contribution in [2.75, 3.05) is 5.01 Å². The largest absolute Gasteiger partial charge is 0.481 e. The van der Waals surface area contributed by atoms with Crippen molar-refractivity contribution in [3.05, 3.63) is 17.6 Å². The third-order valence-electron chi connectivity index (χ3n) is 2.36. The van der Waals surface area contributed by atoms with Crippen LogP contribution in [0, 0.1) is 13.8 Å². The Morgan fingerprint density at radius 2 is 2.17 bits per heavy atom. The van der Waals surface area contributed by atoms with Crippen molar-refractivity contribution in [1.29, 1.82) is 0 Å². The second-order valence-corrected chi connectivity index (χ2v) is 4.03. The zero-order chi connectivity index (χ0) is 13.3. The van der Waals surface area contributed by atoms with Crippen LogP contribution in [0.5, 0.6) is 0 Å². The smallest absolute Gasteiger partial charge is 0.309 e. The number of hydrazone groups is 1. The first kappa shape index (κ1) is 12.2. The molecule has 0 bridgehead atoms. The van der Waals surface area contributed by atoms with Crippen LogP contribution >= 0.6 is 0 Å². The molecular weight excluding hydrogens is 236 g/mol. The molecule has 7 nitrogen and oxygen atoms in total. The van der Waals surface area contributed by atoms with Gasteiger partial charge in [-0.2, -0.15) is 10.1 Å². The van der Waals surface area contributed by atoms with Gasteiger partial charge in [-0.15, -0.1) is 0 Å². The number of amides is 1. The number of aliphatic carboxylic acids is 1. The Labute approximate surface area is 103 Å². The van der Waals surface area contributed by atoms with Crippen LogP contribution in [-0.4, -0.2) is 32.7 Å². The highest BCUT2D eigenvalue weighted by molar-refractivity contribution is 6.16. The maximum absolute atomic E-state index is 11.7. The van der Waals surface area contributed by atoms with E-state index in [0.717, 1.165) is 10.7 Å². The van der Waals surface area contributed by atoms with Crippen molar-refractivity contribution in [1.82, 2.24) is 9.97 Å². The summed E-state index contributed by atoms with van der Waals surface area (Å²) >= 11 is 0. The number of nitrogens with zero attached hydrogens (tertiary/aromatic N) is 4. The standard InChI is InChI=1S/C11H12N4O3/c1-6-3-9(13-7(2)12-6)15-10(16)4-8(14-15)5-11(17)18/h3H,4-5H2,1-2H3,(H,17,18). The Bertz CT molecular complexity index is 533. The summed E-state index contributed by atoms with van der Waals surface area (Å²) in [4.78, 5) is 30.6. The fraction of sp³-hybridized carbons (Fsp3) is 0.364. The summed E-state index contributed by atoms with van der Waals surface area (Å²) in [6, 6.07) is 1.64. The minimum Gasteiger partial charge on any atom is -0.481 e. The molecule has 7 heteroatoms. The van der Waals surface area contributed by atoms with Gasteiger partial charge in [-0.05, 0) is 13.8 Å². The van der Waals surface area contributed by atoms with Gasteiger partial charge in [-0.3, -0.25) is 9.59 Å². The van der Waals surface area contributed by atoms with E-state index in [1.165, 1.54) is 0 Å². The SMILES string of the molecule is Cc1cc(N2N=C(CC(=O)O)CC2=O)nc(C)n1. The number of carbonyl (C=O) groups is 2. The number of carboxylic acids is 1. The third kappa shape index (κ3) is 2.50. The van der Waals surface area contributed by atoms with Crippen molar-refractivity contribution in [2.24, 2.45) is 5.10 Å². The molecule has 0 spiro atoms. The molecule has 1 aliphatic heterocycles. The Balaban J connectivity index is 2.30. The summed E-state index contributed by atoms with van der Waals surface area (Å²) in [6.07, 6.45) is -0.209. The van der Waals surface area contributed by atoms with E-state index in [0.29, 0.717) is 17.4 Å². The predicted molar refractivity (Wildman–Crippen MR) is 63.3 cm³/mol. The van der Waals surface area contributed by atoms with Crippen LogP contribution in [0.2, 0.25) is 0 Å². The molecule has 1 amide bonds. The Morgan fingerprint density at radius 1 is 1.44 bits per heavy atom. The molecule has 1 aromatic heterocycles. The lowest BCUT2D eigenvalue weighted by Gasteiger charge is -2.11. The first-order valence-corrected chi connectivity index (χ1v) is 5.39. The van der Waals surface area contributed by atoms with Crippen LogP contribution in [0.15, 0.2) is 11.2 Å². The first-order chi connectivity index (χ1) is 8.45. The number of carbonyl (C=O) groups excluding carboxylic acids is 1. The molecule has 0 saturated carbocycles. The van der Waals surface area contributed by atoms with Crippen molar-refractivity contribution in [2.45, 2.75) is 26.7 Å². The quantitative estimate of drug-likeness (QED) is 0.847. The number of rotatable bonds is 3. The van der Waals surface area contributed by atoms with E-state index in [1.54, 1.807) is 19.9 Å². The maximum atomic E-state index is 11.7. The van der Waals surface area contributed by atoms with Crippen molar-refractivity contribution in [3.63, 3.8) is 0 Å². The van der Waals surface area contributed by atoms with Crippen LogP contribution in [0.3, 0.4) is 0 Å². The summed E-state index contributed by atoms with van der Waals surface area (Å²) in [7, 11) is 0. The van der Waals surface area contributed by atoms with Gasteiger partial charge >= 0.3 is 5.97 Å². The van der Waals surface area contributed by atoms with Gasteiger partial charge in [0.1, 0.15) is 5.82 Å². The van der Waals surface area contributed by atoms with Gasteiger partial charge < -0.3 is 5.11 Å². The first-order valence-electron chi connectivity index (χ1n) is 5.39. The average Bonchev–Trinajstić information content (AvgIpc) is 2.56. The number of hydrogen-bond acceptors (Lipinski definition) is 5. The fourth-order valence-electron chi connectivity index (χ4n) is 1.74. The van der Waals surface area contributed by atoms with Crippen molar-refractivity contribution < 1.29 is 14.7 Å². The lowest BCUT2D eigenvalue weighted by atomic mass is 10.2. The van der Waals surface area contributed by atoms with Crippen LogP contribution in [0.25, 0.3) is 0 Å². The number of carboxylic acid groups (broad SMARTS) is 1. The summed E-state index contributed by atoms with van der Waals surface area (Å²) in [5.41, 5.74) is 1.06. The second kappa shape index (κ2) is 4.52. The van der Waals surface area contributed by atoms with Gasteiger partial charge in [0.25, 0.3) is 5.91 Å². The number of aromatic nitrogens is 2. The molecule has 0 aliphatic carbocycles. The highest BCUT2D eigenvalue weighted by Gasteiger charge is 2.27. The van der Waals surface area contributed by atoms with Crippen molar-refractivity contribution >= 4 is 23.4 Å². The third-order valence-corrected chi connectivity index (χ3v) is 2.36. The van der Waals surface area contributed by atoms with E-state index in [1.807, 2.05) is 0 Å². The number of anilines is 1. The van der Waals surface area contributed by atoms with Crippen LogP contribution in [-0.2, 0) is 9.59 Å². The van der Waals surface area contributed by atoms with Gasteiger partial charge in [-0.1, -0.05) is 0 Å². The van der Waals surface area contributed by atoms with E-state index in [-0.39, 0.29) is 18.7 Å². The van der Waals surface area contributed by atoms with E-state index in [4.69, 9.17) is 5.11 Å². The maximum Gasteiger partial charge on any atom is 0.309 e. The Hall–Kier alpha value is -2.31. The van der Waals surface area contributed by atoms with E-state index in [9.17, 15) is 9.59 Å². The van der Waals surface area contributed by atoms with Crippen LogP contribution in [0.4, 0.5) is 5.82 Å². The van der Waals surface area contributed by atoms with E-state index >= 15 is 0 Å². The zero-order valence-electron chi connectivity index (χ0n) is 10.0. The summed E-state index contributed by atoms with van der Waals surface area (Å²) in [5.74, 6) is -0.354. The zero-order valence-corrected chi connectivity index (χ0v) is 10.0. The van der Waals surface area contributed by atoms with E-state index < -0.39 is 5.97 Å². The topological polar surface area (TPSA) is 95.8 Å². The average molecular weight is 248 g/mol. The molecule has 0 radical (unpaired) electrons. The predicted octanol–water partition coefficient (Wildman–Crippen LogP) is 0.661. The highest BCUT2D eigenvalue weighted by Crippen LogP contribution is 2.19. The molecule has 1 aliphatic rings. The minimum absolute atomic E-state index is 0.0222. The number of aryl methyl sites for hydroxylation is 2. The normalized spacial score (nSPS) is 14.9. The summed E-state index contributed by atoms with van der Waals surface area (Å²) in [6.45, 7) is 3.51. The molecule has 18 heavy (non-hydrogen) atoms.